The zero-order chi connectivity index (χ0) is 12.1. The average Bonchev–Trinajstić information content (AvgIpc) is 2.86. The summed E-state index contributed by atoms with van der Waals surface area (Å²) in [6.45, 7) is 0. The van der Waals surface area contributed by atoms with Gasteiger partial charge in [-0.25, -0.2) is 0 Å². The summed E-state index contributed by atoms with van der Waals surface area (Å²) in [6.07, 6.45) is 1.91. The predicted octanol–water partition coefficient (Wildman–Crippen LogP) is 2.46. The van der Waals surface area contributed by atoms with Crippen molar-refractivity contribution in [2.24, 2.45) is 0 Å². The molecular weight excluding hydrogens is 234 g/mol. The van der Waals surface area contributed by atoms with Crippen molar-refractivity contribution in [3.05, 3.63) is 46.4 Å². The van der Waals surface area contributed by atoms with E-state index in [9.17, 15) is 4.79 Å². The van der Waals surface area contributed by atoms with E-state index in [0.29, 0.717) is 17.0 Å². The monoisotopic (exact) mass is 243 g/mol. The molecule has 0 radical (unpaired) electrons. The number of amides is 1. The summed E-state index contributed by atoms with van der Waals surface area (Å²) >= 11 is 1.30. The molecule has 2 aromatic rings. The Bertz CT molecular complexity index is 540. The fraction of sp³-hybridized carbons (Fsp3) is 0.0833. The number of carbonyl (C=O) groups is 1. The molecule has 0 saturated heterocycles. The molecule has 0 aliphatic carbocycles. The molecule has 17 heavy (non-hydrogen) atoms. The molecule has 2 rings (SSSR count). The normalized spacial score (nSPS) is 9.59. The summed E-state index contributed by atoms with van der Waals surface area (Å²) in [4.78, 5) is 16.1. The number of nitriles is 1. The van der Waals surface area contributed by atoms with Gasteiger partial charge in [-0.15, -0.1) is 11.3 Å². The van der Waals surface area contributed by atoms with Crippen LogP contribution in [0.5, 0.6) is 0 Å². The van der Waals surface area contributed by atoms with E-state index in [2.05, 4.69) is 16.4 Å². The highest BCUT2D eigenvalue weighted by atomic mass is 32.1. The van der Waals surface area contributed by atoms with Crippen molar-refractivity contribution in [2.75, 3.05) is 5.32 Å². The summed E-state index contributed by atoms with van der Waals surface area (Å²) in [7, 11) is 0. The lowest BCUT2D eigenvalue weighted by atomic mass is 10.1. The number of carbonyl (C=O) groups excluding carboxylic acids is 1. The van der Waals surface area contributed by atoms with Gasteiger partial charge in [-0.05, 0) is 17.7 Å². The summed E-state index contributed by atoms with van der Waals surface area (Å²) in [5, 5.41) is 11.3. The fourth-order valence-electron chi connectivity index (χ4n) is 1.32. The fourth-order valence-corrected chi connectivity index (χ4v) is 1.83. The minimum Gasteiger partial charge on any atom is -0.321 e. The number of aromatic nitrogens is 1. The average molecular weight is 243 g/mol. The number of nitrogens with one attached hydrogen (secondary N) is 1. The maximum atomic E-state index is 11.7. The Morgan fingerprint density at radius 2 is 2.18 bits per heavy atom. The van der Waals surface area contributed by atoms with Crippen molar-refractivity contribution < 1.29 is 4.79 Å². The van der Waals surface area contributed by atoms with Crippen LogP contribution in [-0.2, 0) is 6.42 Å². The van der Waals surface area contributed by atoms with Crippen LogP contribution in [0, 0.1) is 11.3 Å². The van der Waals surface area contributed by atoms with Gasteiger partial charge in [0, 0.05) is 5.69 Å². The molecule has 1 aromatic heterocycles. The SMILES string of the molecule is N#CCc1ccc(NC(=O)c2cncs2)cc1. The van der Waals surface area contributed by atoms with Crippen molar-refractivity contribution in [1.29, 1.82) is 5.26 Å². The van der Waals surface area contributed by atoms with E-state index in [0.717, 1.165) is 5.56 Å². The third-order valence-corrected chi connectivity index (χ3v) is 2.92. The molecule has 1 amide bonds. The van der Waals surface area contributed by atoms with Crippen molar-refractivity contribution in [3.63, 3.8) is 0 Å². The molecule has 0 aliphatic rings. The third-order valence-electron chi connectivity index (χ3n) is 2.15. The first-order valence-corrected chi connectivity index (χ1v) is 5.83. The molecule has 0 aliphatic heterocycles. The van der Waals surface area contributed by atoms with Crippen LogP contribution in [0.2, 0.25) is 0 Å². The smallest absolute Gasteiger partial charge is 0.267 e. The van der Waals surface area contributed by atoms with Gasteiger partial charge in [0.2, 0.25) is 0 Å². The zero-order valence-electron chi connectivity index (χ0n) is 8.88. The maximum absolute atomic E-state index is 11.7. The Hall–Kier alpha value is -2.19. The standard InChI is InChI=1S/C12H9N3OS/c13-6-5-9-1-3-10(4-2-9)15-12(16)11-7-14-8-17-11/h1-4,7-8H,5H2,(H,15,16). The highest BCUT2D eigenvalue weighted by Gasteiger charge is 2.07. The largest absolute Gasteiger partial charge is 0.321 e. The molecule has 0 saturated carbocycles. The minimum atomic E-state index is -0.166. The van der Waals surface area contributed by atoms with Crippen molar-refractivity contribution in [3.8, 4) is 6.07 Å². The summed E-state index contributed by atoms with van der Waals surface area (Å²) in [5.41, 5.74) is 3.26. The summed E-state index contributed by atoms with van der Waals surface area (Å²) in [6, 6.07) is 9.29. The lowest BCUT2D eigenvalue weighted by Gasteiger charge is -2.03. The van der Waals surface area contributed by atoms with Crippen LogP contribution in [0.3, 0.4) is 0 Å². The second-order valence-corrected chi connectivity index (χ2v) is 4.24. The Morgan fingerprint density at radius 1 is 1.41 bits per heavy atom. The third kappa shape index (κ3) is 2.89. The molecule has 1 N–H and O–H groups in total. The van der Waals surface area contributed by atoms with Crippen molar-refractivity contribution in [1.82, 2.24) is 4.98 Å². The highest BCUT2D eigenvalue weighted by molar-refractivity contribution is 7.11. The summed E-state index contributed by atoms with van der Waals surface area (Å²) < 4.78 is 0. The highest BCUT2D eigenvalue weighted by Crippen LogP contribution is 2.13. The molecule has 0 bridgehead atoms. The molecule has 4 nitrogen and oxygen atoms in total. The number of rotatable bonds is 3. The van der Waals surface area contributed by atoms with E-state index in [4.69, 9.17) is 5.26 Å². The van der Waals surface area contributed by atoms with Crippen LogP contribution in [0.25, 0.3) is 0 Å². The first-order chi connectivity index (χ1) is 8.29. The van der Waals surface area contributed by atoms with Crippen LogP contribution in [-0.4, -0.2) is 10.9 Å². The number of thiazole rings is 1. The Labute approximate surface area is 103 Å². The molecule has 84 valence electrons. The van der Waals surface area contributed by atoms with Gasteiger partial charge in [-0.1, -0.05) is 12.1 Å². The quantitative estimate of drug-likeness (QED) is 0.900. The molecule has 0 atom stereocenters. The molecule has 0 unspecified atom stereocenters. The second-order valence-electron chi connectivity index (χ2n) is 3.35. The lowest BCUT2D eigenvalue weighted by Crippen LogP contribution is -2.09. The van der Waals surface area contributed by atoms with Crippen LogP contribution in [0.15, 0.2) is 36.0 Å². The molecule has 0 fully saturated rings. The van der Waals surface area contributed by atoms with E-state index in [1.165, 1.54) is 17.5 Å². The van der Waals surface area contributed by atoms with Gasteiger partial charge < -0.3 is 5.32 Å². The lowest BCUT2D eigenvalue weighted by molar-refractivity contribution is 0.103. The van der Waals surface area contributed by atoms with E-state index in [1.807, 2.05) is 12.1 Å². The number of hydrogen-bond acceptors (Lipinski definition) is 4. The second kappa shape index (κ2) is 5.23. The Kier molecular flexibility index (Phi) is 3.48. The first-order valence-electron chi connectivity index (χ1n) is 4.95. The van der Waals surface area contributed by atoms with E-state index >= 15 is 0 Å². The van der Waals surface area contributed by atoms with Gasteiger partial charge in [0.25, 0.3) is 5.91 Å². The number of anilines is 1. The van der Waals surface area contributed by atoms with Gasteiger partial charge in [-0.3, -0.25) is 9.78 Å². The molecule has 1 aromatic carbocycles. The van der Waals surface area contributed by atoms with Crippen LogP contribution in [0.4, 0.5) is 5.69 Å². The Balaban J connectivity index is 2.05. The zero-order valence-corrected chi connectivity index (χ0v) is 9.70. The number of hydrogen-bond donors (Lipinski definition) is 1. The molecule has 1 heterocycles. The van der Waals surface area contributed by atoms with Crippen LogP contribution in [0.1, 0.15) is 15.2 Å². The Morgan fingerprint density at radius 3 is 2.76 bits per heavy atom. The van der Waals surface area contributed by atoms with Crippen molar-refractivity contribution in [2.45, 2.75) is 6.42 Å². The van der Waals surface area contributed by atoms with Gasteiger partial charge in [-0.2, -0.15) is 5.26 Å². The van der Waals surface area contributed by atoms with Crippen molar-refractivity contribution >= 4 is 22.9 Å². The number of nitrogens with zero attached hydrogens (tertiary/aromatic N) is 2. The van der Waals surface area contributed by atoms with Gasteiger partial charge >= 0.3 is 0 Å². The first kappa shape index (κ1) is 11.3. The predicted molar refractivity (Wildman–Crippen MR) is 65.8 cm³/mol. The molecule has 5 heteroatoms. The molecular formula is C12H9N3OS. The number of benzene rings is 1. The van der Waals surface area contributed by atoms with Crippen LogP contribution >= 0.6 is 11.3 Å². The minimum absolute atomic E-state index is 0.166. The molecule has 0 spiro atoms. The van der Waals surface area contributed by atoms with E-state index in [-0.39, 0.29) is 5.91 Å². The topological polar surface area (TPSA) is 65.8 Å². The summed E-state index contributed by atoms with van der Waals surface area (Å²) in [5.74, 6) is -0.166. The van der Waals surface area contributed by atoms with Gasteiger partial charge in [0.1, 0.15) is 4.88 Å². The van der Waals surface area contributed by atoms with E-state index in [1.54, 1.807) is 17.6 Å². The van der Waals surface area contributed by atoms with Crippen LogP contribution < -0.4 is 5.32 Å². The van der Waals surface area contributed by atoms with Gasteiger partial charge in [0.15, 0.2) is 0 Å². The van der Waals surface area contributed by atoms with E-state index < -0.39 is 0 Å². The van der Waals surface area contributed by atoms with Gasteiger partial charge in [0.05, 0.1) is 24.2 Å². The maximum Gasteiger partial charge on any atom is 0.267 e.